The monoisotopic (exact) mass is 232 g/mol. The first-order valence-electron chi connectivity index (χ1n) is 5.15. The van der Waals surface area contributed by atoms with E-state index in [4.69, 9.17) is 5.26 Å². The maximum atomic E-state index is 11.8. The van der Waals surface area contributed by atoms with Crippen molar-refractivity contribution in [1.29, 1.82) is 5.26 Å². The van der Waals surface area contributed by atoms with Gasteiger partial charge in [0.15, 0.2) is 5.78 Å². The number of nitriles is 1. The molecule has 0 saturated heterocycles. The van der Waals surface area contributed by atoms with Gasteiger partial charge in [-0.05, 0) is 0 Å². The van der Waals surface area contributed by atoms with Gasteiger partial charge in [0.25, 0.3) is 5.69 Å². The summed E-state index contributed by atoms with van der Waals surface area (Å²) in [6.45, 7) is 3.34. The molecular formula is C12H12N2O3. The molecule has 0 bridgehead atoms. The lowest BCUT2D eigenvalue weighted by molar-refractivity contribution is -0.385. The van der Waals surface area contributed by atoms with E-state index >= 15 is 0 Å². The Morgan fingerprint density at radius 2 is 2.00 bits per heavy atom. The molecule has 0 radical (unpaired) electrons. The van der Waals surface area contributed by atoms with Crippen LogP contribution in [0.25, 0.3) is 0 Å². The van der Waals surface area contributed by atoms with E-state index in [0.29, 0.717) is 0 Å². The number of nitrogens with zero attached hydrogens (tertiary/aromatic N) is 2. The van der Waals surface area contributed by atoms with Crippen LogP contribution in [-0.2, 0) is 4.79 Å². The Morgan fingerprint density at radius 1 is 1.41 bits per heavy atom. The van der Waals surface area contributed by atoms with E-state index in [-0.39, 0.29) is 23.0 Å². The molecule has 0 aliphatic rings. The number of hydrogen-bond acceptors (Lipinski definition) is 4. The lowest BCUT2D eigenvalue weighted by Crippen LogP contribution is -2.17. The van der Waals surface area contributed by atoms with Crippen LogP contribution in [0.15, 0.2) is 24.3 Å². The Kier molecular flexibility index (Phi) is 3.94. The molecular weight excluding hydrogens is 220 g/mol. The summed E-state index contributed by atoms with van der Waals surface area (Å²) in [6.07, 6.45) is 0. The highest BCUT2D eigenvalue weighted by atomic mass is 16.6. The van der Waals surface area contributed by atoms with Crippen LogP contribution in [-0.4, -0.2) is 10.7 Å². The zero-order chi connectivity index (χ0) is 13.0. The summed E-state index contributed by atoms with van der Waals surface area (Å²) >= 11 is 0. The van der Waals surface area contributed by atoms with Crippen LogP contribution < -0.4 is 0 Å². The van der Waals surface area contributed by atoms with Gasteiger partial charge in [0, 0.05) is 12.0 Å². The molecule has 1 atom stereocenters. The molecule has 5 nitrogen and oxygen atoms in total. The van der Waals surface area contributed by atoms with Crippen molar-refractivity contribution in [3.05, 3.63) is 39.9 Å². The topological polar surface area (TPSA) is 84.0 Å². The molecule has 0 spiro atoms. The summed E-state index contributed by atoms with van der Waals surface area (Å²) in [4.78, 5) is 22.0. The summed E-state index contributed by atoms with van der Waals surface area (Å²) < 4.78 is 0. The second-order valence-corrected chi connectivity index (χ2v) is 3.94. The van der Waals surface area contributed by atoms with Crippen LogP contribution in [0.1, 0.15) is 25.3 Å². The predicted molar refractivity (Wildman–Crippen MR) is 61.3 cm³/mol. The van der Waals surface area contributed by atoms with Crippen molar-refractivity contribution < 1.29 is 9.72 Å². The lowest BCUT2D eigenvalue weighted by atomic mass is 9.89. The number of nitro benzene ring substituents is 1. The normalized spacial score (nSPS) is 11.9. The van der Waals surface area contributed by atoms with Crippen molar-refractivity contribution in [2.45, 2.75) is 19.8 Å². The second-order valence-electron chi connectivity index (χ2n) is 3.94. The fraction of sp³-hybridized carbons (Fsp3) is 0.333. The fourth-order valence-electron chi connectivity index (χ4n) is 1.52. The molecule has 5 heteroatoms. The lowest BCUT2D eigenvalue weighted by Gasteiger charge is -2.11. The minimum absolute atomic E-state index is 0.165. The molecule has 0 N–H and O–H groups in total. The van der Waals surface area contributed by atoms with Crippen LogP contribution in [0.5, 0.6) is 0 Å². The average molecular weight is 232 g/mol. The highest BCUT2D eigenvalue weighted by Crippen LogP contribution is 2.28. The number of ketones is 1. The largest absolute Gasteiger partial charge is 0.298 e. The van der Waals surface area contributed by atoms with Gasteiger partial charge >= 0.3 is 0 Å². The van der Waals surface area contributed by atoms with E-state index in [1.165, 1.54) is 18.2 Å². The Morgan fingerprint density at radius 3 is 2.47 bits per heavy atom. The second kappa shape index (κ2) is 5.21. The van der Waals surface area contributed by atoms with E-state index in [1.54, 1.807) is 19.9 Å². The van der Waals surface area contributed by atoms with Gasteiger partial charge in [-0.25, -0.2) is 0 Å². The molecule has 0 heterocycles. The summed E-state index contributed by atoms with van der Waals surface area (Å²) in [5.41, 5.74) is -0.0215. The zero-order valence-electron chi connectivity index (χ0n) is 9.58. The van der Waals surface area contributed by atoms with E-state index in [0.717, 1.165) is 0 Å². The molecule has 17 heavy (non-hydrogen) atoms. The van der Waals surface area contributed by atoms with Gasteiger partial charge in [-0.2, -0.15) is 5.26 Å². The first-order valence-corrected chi connectivity index (χ1v) is 5.15. The summed E-state index contributed by atoms with van der Waals surface area (Å²) in [5.74, 6) is -1.71. The number of Topliss-reactive ketones (excluding diaryl/α,β-unsaturated/α-hetero) is 1. The Bertz CT molecular complexity index is 489. The van der Waals surface area contributed by atoms with Gasteiger partial charge in [0.05, 0.1) is 16.6 Å². The molecule has 0 aromatic heterocycles. The Hall–Kier alpha value is -2.22. The van der Waals surface area contributed by atoms with Gasteiger partial charge in [-0.15, -0.1) is 0 Å². The van der Waals surface area contributed by atoms with E-state index in [9.17, 15) is 14.9 Å². The zero-order valence-corrected chi connectivity index (χ0v) is 9.58. The molecule has 0 aliphatic heterocycles. The standard InChI is InChI=1S/C12H12N2O3/c1-8(2)12(15)10(7-13)9-5-3-4-6-11(9)14(16)17/h3-6,8,10H,1-2H3/t10-/m1/s1. The van der Waals surface area contributed by atoms with E-state index in [1.807, 2.05) is 6.07 Å². The van der Waals surface area contributed by atoms with Crippen LogP contribution in [0.3, 0.4) is 0 Å². The first kappa shape index (κ1) is 12.8. The Balaban J connectivity index is 3.27. The number of para-hydroxylation sites is 1. The van der Waals surface area contributed by atoms with E-state index < -0.39 is 10.8 Å². The Labute approximate surface area is 98.8 Å². The minimum Gasteiger partial charge on any atom is -0.298 e. The van der Waals surface area contributed by atoms with Crippen molar-refractivity contribution in [1.82, 2.24) is 0 Å². The molecule has 88 valence electrons. The number of hydrogen-bond donors (Lipinski definition) is 0. The SMILES string of the molecule is CC(C)C(=O)[C@H](C#N)c1ccccc1[N+](=O)[O-]. The fourth-order valence-corrected chi connectivity index (χ4v) is 1.52. The molecule has 1 aromatic rings. The molecule has 0 fully saturated rings. The predicted octanol–water partition coefficient (Wildman–Crippen LogP) is 2.43. The van der Waals surface area contributed by atoms with Crippen LogP contribution >= 0.6 is 0 Å². The average Bonchev–Trinajstić information content (AvgIpc) is 2.30. The maximum Gasteiger partial charge on any atom is 0.274 e. The first-order chi connectivity index (χ1) is 7.99. The molecule has 0 amide bonds. The molecule has 0 saturated carbocycles. The van der Waals surface area contributed by atoms with Crippen LogP contribution in [0.4, 0.5) is 5.69 Å². The number of rotatable bonds is 4. The third-order valence-corrected chi connectivity index (χ3v) is 2.43. The summed E-state index contributed by atoms with van der Waals surface area (Å²) in [6, 6.07) is 7.68. The van der Waals surface area contributed by atoms with Crippen molar-refractivity contribution in [2.24, 2.45) is 5.92 Å². The number of nitro groups is 1. The number of carbonyl (C=O) groups is 1. The van der Waals surface area contributed by atoms with Gasteiger partial charge in [0.1, 0.15) is 5.92 Å². The molecule has 0 aliphatic carbocycles. The smallest absolute Gasteiger partial charge is 0.274 e. The van der Waals surface area contributed by atoms with Crippen molar-refractivity contribution in [2.75, 3.05) is 0 Å². The van der Waals surface area contributed by atoms with Crippen LogP contribution in [0.2, 0.25) is 0 Å². The van der Waals surface area contributed by atoms with Gasteiger partial charge < -0.3 is 0 Å². The van der Waals surface area contributed by atoms with Crippen molar-refractivity contribution >= 4 is 11.5 Å². The number of carbonyl (C=O) groups excluding carboxylic acids is 1. The molecule has 1 aromatic carbocycles. The van der Waals surface area contributed by atoms with Gasteiger partial charge in [-0.3, -0.25) is 14.9 Å². The quantitative estimate of drug-likeness (QED) is 0.589. The van der Waals surface area contributed by atoms with Crippen molar-refractivity contribution in [3.8, 4) is 6.07 Å². The van der Waals surface area contributed by atoms with Gasteiger partial charge in [0.2, 0.25) is 0 Å². The summed E-state index contributed by atoms with van der Waals surface area (Å²) in [5, 5.41) is 19.8. The highest BCUT2D eigenvalue weighted by Gasteiger charge is 2.28. The van der Waals surface area contributed by atoms with Crippen molar-refractivity contribution in [3.63, 3.8) is 0 Å². The minimum atomic E-state index is -1.07. The molecule has 1 rings (SSSR count). The van der Waals surface area contributed by atoms with Crippen LogP contribution in [0, 0.1) is 27.4 Å². The maximum absolute atomic E-state index is 11.8. The van der Waals surface area contributed by atoms with Gasteiger partial charge in [-0.1, -0.05) is 32.0 Å². The third-order valence-electron chi connectivity index (χ3n) is 2.43. The third kappa shape index (κ3) is 2.67. The van der Waals surface area contributed by atoms with E-state index in [2.05, 4.69) is 0 Å². The molecule has 0 unspecified atom stereocenters. The summed E-state index contributed by atoms with van der Waals surface area (Å²) in [7, 11) is 0. The highest BCUT2D eigenvalue weighted by molar-refractivity contribution is 5.90. The number of benzene rings is 1.